The van der Waals surface area contributed by atoms with Crippen molar-refractivity contribution >= 4 is 23.5 Å². The number of nitrogens with zero attached hydrogens (tertiary/aromatic N) is 2. The topological polar surface area (TPSA) is 116 Å². The van der Waals surface area contributed by atoms with Gasteiger partial charge in [-0.3, -0.25) is 19.7 Å². The largest absolute Gasteiger partial charge is 0.466 e. The van der Waals surface area contributed by atoms with Gasteiger partial charge in [0.1, 0.15) is 0 Å². The van der Waals surface area contributed by atoms with E-state index in [1.165, 1.54) is 17.0 Å². The zero-order valence-corrected chi connectivity index (χ0v) is 15.3. The molecule has 1 aliphatic heterocycles. The van der Waals surface area contributed by atoms with Crippen molar-refractivity contribution < 1.29 is 28.8 Å². The molecule has 0 unspecified atom stereocenters. The molecule has 1 amide bonds. The highest BCUT2D eigenvalue weighted by molar-refractivity contribution is 5.92. The predicted molar refractivity (Wildman–Crippen MR) is 94.1 cm³/mol. The third-order valence-electron chi connectivity index (χ3n) is 4.44. The minimum Gasteiger partial charge on any atom is -0.466 e. The molecule has 1 aromatic rings. The lowest BCUT2D eigenvalue weighted by Crippen LogP contribution is -2.42. The first-order valence-corrected chi connectivity index (χ1v) is 8.70. The van der Waals surface area contributed by atoms with E-state index in [2.05, 4.69) is 0 Å². The van der Waals surface area contributed by atoms with E-state index in [-0.39, 0.29) is 29.0 Å². The van der Waals surface area contributed by atoms with E-state index in [0.29, 0.717) is 38.1 Å². The molecule has 9 heteroatoms. The molecule has 0 aromatic heterocycles. The highest BCUT2D eigenvalue weighted by Crippen LogP contribution is 2.21. The quantitative estimate of drug-likeness (QED) is 0.421. The number of ether oxygens (including phenoxy) is 2. The zero-order valence-electron chi connectivity index (χ0n) is 15.3. The second kappa shape index (κ2) is 9.11. The van der Waals surface area contributed by atoms with Crippen molar-refractivity contribution in [1.29, 1.82) is 0 Å². The van der Waals surface area contributed by atoms with Gasteiger partial charge in [0.2, 0.25) is 0 Å². The van der Waals surface area contributed by atoms with E-state index < -0.39 is 17.5 Å². The average molecular weight is 378 g/mol. The van der Waals surface area contributed by atoms with E-state index in [0.717, 1.165) is 6.07 Å². The molecule has 0 N–H and O–H groups in total. The molecular weight excluding hydrogens is 356 g/mol. The fourth-order valence-electron chi connectivity index (χ4n) is 2.86. The molecule has 0 atom stereocenters. The summed E-state index contributed by atoms with van der Waals surface area (Å²) in [4.78, 5) is 47.8. The van der Waals surface area contributed by atoms with E-state index in [1.54, 1.807) is 13.8 Å². The van der Waals surface area contributed by atoms with Gasteiger partial charge in [0.05, 0.1) is 23.0 Å². The molecule has 1 aliphatic rings. The van der Waals surface area contributed by atoms with Crippen LogP contribution in [-0.4, -0.2) is 54.0 Å². The summed E-state index contributed by atoms with van der Waals surface area (Å²) in [5.74, 6) is -1.64. The Balaban J connectivity index is 1.85. The molecule has 0 radical (unpaired) electrons. The molecule has 1 aromatic carbocycles. The number of esters is 2. The number of hydrogen-bond acceptors (Lipinski definition) is 7. The number of nitro benzene ring substituents is 1. The van der Waals surface area contributed by atoms with Crippen LogP contribution in [0.1, 0.15) is 35.7 Å². The zero-order chi connectivity index (χ0) is 20.0. The van der Waals surface area contributed by atoms with Crippen LogP contribution >= 0.6 is 0 Å². The summed E-state index contributed by atoms with van der Waals surface area (Å²) in [5.41, 5.74) is 0.259. The van der Waals surface area contributed by atoms with Crippen LogP contribution in [0.25, 0.3) is 0 Å². The molecule has 1 saturated heterocycles. The average Bonchev–Trinajstić information content (AvgIpc) is 2.66. The third kappa shape index (κ3) is 5.25. The molecule has 27 heavy (non-hydrogen) atoms. The van der Waals surface area contributed by atoms with Crippen LogP contribution in [0.5, 0.6) is 0 Å². The van der Waals surface area contributed by atoms with Crippen molar-refractivity contribution in [3.63, 3.8) is 0 Å². The van der Waals surface area contributed by atoms with Gasteiger partial charge in [-0.2, -0.15) is 0 Å². The Morgan fingerprint density at radius 1 is 1.22 bits per heavy atom. The number of carbonyl (C=O) groups excluding carboxylic acids is 3. The number of rotatable bonds is 6. The van der Waals surface area contributed by atoms with Crippen LogP contribution in [-0.2, 0) is 19.1 Å². The lowest BCUT2D eigenvalue weighted by molar-refractivity contribution is -0.385. The molecule has 9 nitrogen and oxygen atoms in total. The smallest absolute Gasteiger partial charge is 0.338 e. The van der Waals surface area contributed by atoms with Gasteiger partial charge in [-0.1, -0.05) is 6.07 Å². The van der Waals surface area contributed by atoms with Crippen molar-refractivity contribution in [2.75, 3.05) is 26.3 Å². The lowest BCUT2D eigenvalue weighted by atomic mass is 9.97. The van der Waals surface area contributed by atoms with E-state index in [4.69, 9.17) is 9.47 Å². The monoisotopic (exact) mass is 378 g/mol. The van der Waals surface area contributed by atoms with Crippen LogP contribution in [0.3, 0.4) is 0 Å². The SMILES string of the molecule is CCOC(=O)C1CCN(C(=O)COC(=O)c2ccc(C)c([N+](=O)[O-])c2)CC1. The van der Waals surface area contributed by atoms with Gasteiger partial charge < -0.3 is 14.4 Å². The van der Waals surface area contributed by atoms with Crippen molar-refractivity contribution in [2.45, 2.75) is 26.7 Å². The van der Waals surface area contributed by atoms with E-state index in [1.807, 2.05) is 0 Å². The van der Waals surface area contributed by atoms with Crippen LogP contribution in [0.2, 0.25) is 0 Å². The summed E-state index contributed by atoms with van der Waals surface area (Å²) in [6.07, 6.45) is 1.01. The van der Waals surface area contributed by atoms with Gasteiger partial charge in [-0.25, -0.2) is 4.79 Å². The summed E-state index contributed by atoms with van der Waals surface area (Å²) < 4.78 is 9.97. The minimum atomic E-state index is -0.798. The maximum absolute atomic E-state index is 12.2. The van der Waals surface area contributed by atoms with Crippen molar-refractivity contribution in [3.8, 4) is 0 Å². The van der Waals surface area contributed by atoms with Crippen LogP contribution in [0.4, 0.5) is 5.69 Å². The Kier molecular flexibility index (Phi) is 6.86. The van der Waals surface area contributed by atoms with Crippen LogP contribution in [0.15, 0.2) is 18.2 Å². The molecule has 2 rings (SSSR count). The Labute approximate surface area is 156 Å². The van der Waals surface area contributed by atoms with Gasteiger partial charge in [0.25, 0.3) is 11.6 Å². The second-order valence-electron chi connectivity index (χ2n) is 6.24. The van der Waals surface area contributed by atoms with Crippen molar-refractivity contribution in [1.82, 2.24) is 4.90 Å². The van der Waals surface area contributed by atoms with Crippen LogP contribution < -0.4 is 0 Å². The Hall–Kier alpha value is -2.97. The summed E-state index contributed by atoms with van der Waals surface area (Å²) in [6.45, 7) is 3.95. The highest BCUT2D eigenvalue weighted by Gasteiger charge is 2.28. The molecule has 0 spiro atoms. The first-order chi connectivity index (χ1) is 12.8. The molecule has 146 valence electrons. The van der Waals surface area contributed by atoms with Crippen molar-refractivity contribution in [2.24, 2.45) is 5.92 Å². The fourth-order valence-corrected chi connectivity index (χ4v) is 2.86. The van der Waals surface area contributed by atoms with E-state index >= 15 is 0 Å². The number of nitro groups is 1. The van der Waals surface area contributed by atoms with Crippen LogP contribution in [0, 0.1) is 23.0 Å². The third-order valence-corrected chi connectivity index (χ3v) is 4.44. The summed E-state index contributed by atoms with van der Waals surface area (Å²) in [7, 11) is 0. The van der Waals surface area contributed by atoms with Gasteiger partial charge in [0.15, 0.2) is 6.61 Å². The Morgan fingerprint density at radius 2 is 1.89 bits per heavy atom. The molecule has 0 saturated carbocycles. The predicted octanol–water partition coefficient (Wildman–Crippen LogP) is 1.86. The fraction of sp³-hybridized carbons (Fsp3) is 0.500. The number of piperidine rings is 1. The van der Waals surface area contributed by atoms with Crippen molar-refractivity contribution in [3.05, 3.63) is 39.4 Å². The molecule has 1 fully saturated rings. The number of amides is 1. The standard InChI is InChI=1S/C18H22N2O7/c1-3-26-17(22)13-6-8-19(9-7-13)16(21)11-27-18(23)14-5-4-12(2)15(10-14)20(24)25/h4-5,10,13H,3,6-9,11H2,1-2H3. The number of likely N-dealkylation sites (tertiary alicyclic amines) is 1. The first-order valence-electron chi connectivity index (χ1n) is 8.70. The number of carbonyl (C=O) groups is 3. The second-order valence-corrected chi connectivity index (χ2v) is 6.24. The summed E-state index contributed by atoms with van der Waals surface area (Å²) >= 11 is 0. The number of benzene rings is 1. The molecule has 1 heterocycles. The number of hydrogen-bond donors (Lipinski definition) is 0. The molecular formula is C18H22N2O7. The minimum absolute atomic E-state index is 0.0149. The molecule has 0 bridgehead atoms. The summed E-state index contributed by atoms with van der Waals surface area (Å²) in [5, 5.41) is 10.9. The van der Waals surface area contributed by atoms with Gasteiger partial charge >= 0.3 is 11.9 Å². The maximum Gasteiger partial charge on any atom is 0.338 e. The maximum atomic E-state index is 12.2. The molecule has 0 aliphatic carbocycles. The van der Waals surface area contributed by atoms with Gasteiger partial charge in [-0.15, -0.1) is 0 Å². The lowest BCUT2D eigenvalue weighted by Gasteiger charge is -2.30. The first kappa shape index (κ1) is 20.3. The van der Waals surface area contributed by atoms with E-state index in [9.17, 15) is 24.5 Å². The van der Waals surface area contributed by atoms with Gasteiger partial charge in [0, 0.05) is 24.7 Å². The number of aryl methyl sites for hydroxylation is 1. The summed E-state index contributed by atoms with van der Waals surface area (Å²) in [6, 6.07) is 4.00. The van der Waals surface area contributed by atoms with Gasteiger partial charge in [-0.05, 0) is 32.8 Å². The Morgan fingerprint density at radius 3 is 2.48 bits per heavy atom. The Bertz CT molecular complexity index is 739. The highest BCUT2D eigenvalue weighted by atomic mass is 16.6. The normalized spacial score (nSPS) is 14.5.